The van der Waals surface area contributed by atoms with Gasteiger partial charge in [-0.2, -0.15) is 4.98 Å². The number of anilines is 1. The number of nitrogens with one attached hydrogen (secondary N) is 1. The molecule has 0 fully saturated rings. The summed E-state index contributed by atoms with van der Waals surface area (Å²) in [4.78, 5) is 16.5. The van der Waals surface area contributed by atoms with Gasteiger partial charge in [-0.15, -0.1) is 0 Å². The highest BCUT2D eigenvalue weighted by Gasteiger charge is 2.13. The number of carbonyl (C=O) groups excluding carboxylic acids is 1. The van der Waals surface area contributed by atoms with Crippen molar-refractivity contribution < 1.29 is 23.2 Å². The summed E-state index contributed by atoms with van der Waals surface area (Å²) < 4.78 is 21.9. The van der Waals surface area contributed by atoms with Gasteiger partial charge >= 0.3 is 0 Å². The summed E-state index contributed by atoms with van der Waals surface area (Å²) in [7, 11) is 0. The lowest BCUT2D eigenvalue weighted by Crippen LogP contribution is -2.12. The Kier molecular flexibility index (Phi) is 7.27. The fourth-order valence-corrected chi connectivity index (χ4v) is 2.55. The molecule has 29 heavy (non-hydrogen) atoms. The van der Waals surface area contributed by atoms with Gasteiger partial charge in [0.2, 0.25) is 17.6 Å². The first-order chi connectivity index (χ1) is 14.2. The van der Waals surface area contributed by atoms with Gasteiger partial charge in [-0.25, -0.2) is 0 Å². The third kappa shape index (κ3) is 5.84. The van der Waals surface area contributed by atoms with Gasteiger partial charge in [0.25, 0.3) is 0 Å². The second-order valence-corrected chi connectivity index (χ2v) is 6.40. The molecule has 3 rings (SSSR count). The van der Waals surface area contributed by atoms with Gasteiger partial charge in [-0.1, -0.05) is 19.0 Å². The van der Waals surface area contributed by atoms with E-state index < -0.39 is 0 Å². The molecule has 1 N–H and O–H groups in total. The monoisotopic (exact) mass is 399 g/mol. The van der Waals surface area contributed by atoms with Gasteiger partial charge in [-0.3, -0.25) is 4.79 Å². The van der Waals surface area contributed by atoms with Crippen LogP contribution in [0, 0.1) is 0 Å². The molecule has 2 aromatic heterocycles. The standard InChI is InChI=1S/C21H25N3O5/c1-3-11-26-16-8-7-15(14-18(16)27-12-4-2)22-19(25)9-10-20-23-21(24-29-20)17-6-5-13-28-17/h5-8,13-14H,3-4,9-12H2,1-2H3,(H,22,25). The van der Waals surface area contributed by atoms with Crippen molar-refractivity contribution >= 4 is 11.6 Å². The molecule has 8 nitrogen and oxygen atoms in total. The third-order valence-corrected chi connectivity index (χ3v) is 3.93. The molecular formula is C21H25N3O5. The van der Waals surface area contributed by atoms with Gasteiger partial charge < -0.3 is 23.7 Å². The topological polar surface area (TPSA) is 99.6 Å². The van der Waals surface area contributed by atoms with Crippen molar-refractivity contribution in [2.24, 2.45) is 0 Å². The van der Waals surface area contributed by atoms with Gasteiger partial charge in [0.05, 0.1) is 19.5 Å². The smallest absolute Gasteiger partial charge is 0.238 e. The van der Waals surface area contributed by atoms with E-state index in [0.29, 0.717) is 54.3 Å². The number of hydrogen-bond acceptors (Lipinski definition) is 7. The lowest BCUT2D eigenvalue weighted by molar-refractivity contribution is -0.116. The van der Waals surface area contributed by atoms with Crippen LogP contribution in [-0.4, -0.2) is 29.3 Å². The first kappa shape index (κ1) is 20.4. The van der Waals surface area contributed by atoms with Crippen LogP contribution in [-0.2, 0) is 11.2 Å². The number of carbonyl (C=O) groups is 1. The summed E-state index contributed by atoms with van der Waals surface area (Å²) >= 11 is 0. The molecule has 0 radical (unpaired) electrons. The quantitative estimate of drug-likeness (QED) is 0.507. The maximum atomic E-state index is 12.3. The summed E-state index contributed by atoms with van der Waals surface area (Å²) in [6.45, 7) is 5.27. The van der Waals surface area contributed by atoms with Crippen molar-refractivity contribution in [1.29, 1.82) is 0 Å². The van der Waals surface area contributed by atoms with Crippen LogP contribution < -0.4 is 14.8 Å². The van der Waals surface area contributed by atoms with E-state index in [1.54, 1.807) is 24.3 Å². The molecule has 1 amide bonds. The highest BCUT2D eigenvalue weighted by molar-refractivity contribution is 5.91. The molecule has 8 heteroatoms. The van der Waals surface area contributed by atoms with Crippen LogP contribution in [0.3, 0.4) is 0 Å². The van der Waals surface area contributed by atoms with E-state index in [-0.39, 0.29) is 12.3 Å². The number of rotatable bonds is 11. The molecule has 0 unspecified atom stereocenters. The number of amides is 1. The summed E-state index contributed by atoms with van der Waals surface area (Å²) in [5.74, 6) is 2.40. The fraction of sp³-hybridized carbons (Fsp3) is 0.381. The second kappa shape index (κ2) is 10.3. The normalized spacial score (nSPS) is 10.7. The number of nitrogens with zero attached hydrogens (tertiary/aromatic N) is 2. The Hall–Kier alpha value is -3.29. The van der Waals surface area contributed by atoms with Crippen molar-refractivity contribution in [3.8, 4) is 23.1 Å². The van der Waals surface area contributed by atoms with Crippen LogP contribution >= 0.6 is 0 Å². The molecular weight excluding hydrogens is 374 g/mol. The molecule has 0 aliphatic rings. The van der Waals surface area contributed by atoms with Crippen LogP contribution in [0.4, 0.5) is 5.69 Å². The zero-order chi connectivity index (χ0) is 20.5. The molecule has 3 aromatic rings. The van der Waals surface area contributed by atoms with Crippen molar-refractivity contribution in [2.45, 2.75) is 39.5 Å². The molecule has 0 atom stereocenters. The van der Waals surface area contributed by atoms with E-state index in [2.05, 4.69) is 15.5 Å². The SMILES string of the molecule is CCCOc1ccc(NC(=O)CCc2nc(-c3ccco3)no2)cc1OCCC. The van der Waals surface area contributed by atoms with Crippen LogP contribution in [0.1, 0.15) is 39.0 Å². The molecule has 0 bridgehead atoms. The average Bonchev–Trinajstić information content (AvgIpc) is 3.41. The third-order valence-electron chi connectivity index (χ3n) is 3.93. The predicted octanol–water partition coefficient (Wildman–Crippen LogP) is 4.48. The molecule has 0 aliphatic heterocycles. The largest absolute Gasteiger partial charge is 0.490 e. The van der Waals surface area contributed by atoms with Crippen molar-refractivity contribution in [1.82, 2.24) is 10.1 Å². The Morgan fingerprint density at radius 3 is 2.62 bits per heavy atom. The van der Waals surface area contributed by atoms with Crippen LogP contribution in [0.2, 0.25) is 0 Å². The fourth-order valence-electron chi connectivity index (χ4n) is 2.55. The number of benzene rings is 1. The maximum Gasteiger partial charge on any atom is 0.238 e. The Morgan fingerprint density at radius 1 is 1.10 bits per heavy atom. The molecule has 1 aromatic carbocycles. The van der Waals surface area contributed by atoms with Crippen molar-refractivity contribution in [3.05, 3.63) is 42.5 Å². The summed E-state index contributed by atoms with van der Waals surface area (Å²) in [6, 6.07) is 8.87. The van der Waals surface area contributed by atoms with Gasteiger partial charge in [0.15, 0.2) is 17.3 Å². The average molecular weight is 399 g/mol. The summed E-state index contributed by atoms with van der Waals surface area (Å²) in [5, 5.41) is 6.72. The van der Waals surface area contributed by atoms with Gasteiger partial charge in [0.1, 0.15) is 0 Å². The number of aryl methyl sites for hydroxylation is 1. The Balaban J connectivity index is 1.56. The van der Waals surface area contributed by atoms with E-state index in [9.17, 15) is 4.79 Å². The molecule has 2 heterocycles. The van der Waals surface area contributed by atoms with Crippen LogP contribution in [0.15, 0.2) is 45.5 Å². The minimum absolute atomic E-state index is 0.161. The summed E-state index contributed by atoms with van der Waals surface area (Å²) in [6.07, 6.45) is 3.86. The lowest BCUT2D eigenvalue weighted by Gasteiger charge is -2.14. The molecule has 0 aliphatic carbocycles. The highest BCUT2D eigenvalue weighted by Crippen LogP contribution is 2.31. The van der Waals surface area contributed by atoms with Crippen molar-refractivity contribution in [3.63, 3.8) is 0 Å². The number of aromatic nitrogens is 2. The molecule has 0 saturated carbocycles. The van der Waals surface area contributed by atoms with Gasteiger partial charge in [0, 0.05) is 24.6 Å². The van der Waals surface area contributed by atoms with E-state index >= 15 is 0 Å². The first-order valence-electron chi connectivity index (χ1n) is 9.75. The second-order valence-electron chi connectivity index (χ2n) is 6.40. The minimum atomic E-state index is -0.161. The zero-order valence-electron chi connectivity index (χ0n) is 16.6. The number of ether oxygens (including phenoxy) is 2. The Morgan fingerprint density at radius 2 is 1.90 bits per heavy atom. The van der Waals surface area contributed by atoms with Gasteiger partial charge in [-0.05, 0) is 37.1 Å². The first-order valence-corrected chi connectivity index (χ1v) is 9.75. The predicted molar refractivity (Wildman–Crippen MR) is 107 cm³/mol. The van der Waals surface area contributed by atoms with Crippen LogP contribution in [0.5, 0.6) is 11.5 Å². The Bertz CT molecular complexity index is 905. The van der Waals surface area contributed by atoms with E-state index in [1.165, 1.54) is 6.26 Å². The van der Waals surface area contributed by atoms with E-state index in [1.807, 2.05) is 19.9 Å². The van der Waals surface area contributed by atoms with Crippen molar-refractivity contribution in [2.75, 3.05) is 18.5 Å². The van der Waals surface area contributed by atoms with E-state index in [0.717, 1.165) is 12.8 Å². The van der Waals surface area contributed by atoms with Crippen LogP contribution in [0.25, 0.3) is 11.6 Å². The maximum absolute atomic E-state index is 12.3. The summed E-state index contributed by atoms with van der Waals surface area (Å²) in [5.41, 5.74) is 0.645. The number of furan rings is 1. The highest BCUT2D eigenvalue weighted by atomic mass is 16.5. The lowest BCUT2D eigenvalue weighted by atomic mass is 10.2. The Labute approximate surface area is 169 Å². The molecule has 154 valence electrons. The minimum Gasteiger partial charge on any atom is -0.490 e. The number of hydrogen-bond donors (Lipinski definition) is 1. The zero-order valence-corrected chi connectivity index (χ0v) is 16.6. The molecule has 0 saturated heterocycles. The van der Waals surface area contributed by atoms with E-state index in [4.69, 9.17) is 18.4 Å². The molecule has 0 spiro atoms.